The van der Waals surface area contributed by atoms with E-state index in [4.69, 9.17) is 9.47 Å². The molecule has 142 valence electrons. The van der Waals surface area contributed by atoms with Gasteiger partial charge in [0.05, 0.1) is 30.6 Å². The summed E-state index contributed by atoms with van der Waals surface area (Å²) in [6.45, 7) is 6.54. The van der Waals surface area contributed by atoms with E-state index in [1.54, 1.807) is 12.3 Å². The van der Waals surface area contributed by atoms with E-state index < -0.39 is 15.7 Å². The Kier molecular flexibility index (Phi) is 5.58. The van der Waals surface area contributed by atoms with Crippen molar-refractivity contribution in [2.24, 2.45) is 4.40 Å². The van der Waals surface area contributed by atoms with Crippen LogP contribution in [0.4, 0.5) is 0 Å². The molecule has 1 heterocycles. The Morgan fingerprint density at radius 1 is 1.19 bits per heavy atom. The normalized spacial score (nSPS) is 15.0. The fourth-order valence-electron chi connectivity index (χ4n) is 2.86. The van der Waals surface area contributed by atoms with Crippen molar-refractivity contribution < 1.29 is 18.5 Å². The number of methoxy groups -OCH3 is 1. The van der Waals surface area contributed by atoms with Crippen LogP contribution in [0.25, 0.3) is 11.1 Å². The average molecular weight is 385 g/mol. The fraction of sp³-hybridized carbons (Fsp3) is 0.333. The Balaban J connectivity index is 2.08. The van der Waals surface area contributed by atoms with Gasteiger partial charge in [0.15, 0.2) is 0 Å². The summed E-state index contributed by atoms with van der Waals surface area (Å²) in [5, 5.41) is 0. The monoisotopic (exact) mass is 385 g/mol. The predicted molar refractivity (Wildman–Crippen MR) is 107 cm³/mol. The van der Waals surface area contributed by atoms with Gasteiger partial charge in [0, 0.05) is 6.21 Å². The number of ether oxygens (including phenoxy) is 2. The summed E-state index contributed by atoms with van der Waals surface area (Å²) in [6, 6.07) is 11.3. The Labute approximate surface area is 162 Å². The number of benzene rings is 2. The molecule has 1 atom stereocenters. The Hall–Kier alpha value is -2.31. The van der Waals surface area contributed by atoms with Crippen LogP contribution in [0.5, 0.6) is 0 Å². The Bertz CT molecular complexity index is 928. The molecule has 0 bridgehead atoms. The molecule has 6 heteroatoms. The van der Waals surface area contributed by atoms with Crippen molar-refractivity contribution >= 4 is 23.2 Å². The molecule has 27 heavy (non-hydrogen) atoms. The first kappa shape index (κ1) is 19.5. The van der Waals surface area contributed by atoms with Crippen molar-refractivity contribution in [1.29, 1.82) is 0 Å². The minimum atomic E-state index is -1.33. The first-order valence-electron chi connectivity index (χ1n) is 8.68. The highest BCUT2D eigenvalue weighted by atomic mass is 32.2. The van der Waals surface area contributed by atoms with Gasteiger partial charge in [-0.3, -0.25) is 0 Å². The maximum absolute atomic E-state index is 12.3. The van der Waals surface area contributed by atoms with E-state index in [0.717, 1.165) is 27.8 Å². The number of carbonyl (C=O) groups excluding carboxylic acids is 1. The lowest BCUT2D eigenvalue weighted by Gasteiger charge is -2.14. The van der Waals surface area contributed by atoms with Crippen molar-refractivity contribution in [3.8, 4) is 11.1 Å². The molecular weight excluding hydrogens is 362 g/mol. The second kappa shape index (κ2) is 7.74. The standard InChI is InChI=1S/C21H23NO4S/c1-21(2,3)27(24)22-11-15-6-5-7-17-18-10-14(20(23)25-4)8-9-16(18)12-26-13-19(15)17/h5-11H,12-13H2,1-4H3/b22-11+. The molecule has 2 aromatic carbocycles. The summed E-state index contributed by atoms with van der Waals surface area (Å²) in [5.41, 5.74) is 5.26. The lowest BCUT2D eigenvalue weighted by Crippen LogP contribution is -2.19. The molecule has 0 spiro atoms. The van der Waals surface area contributed by atoms with E-state index in [2.05, 4.69) is 4.40 Å². The molecule has 3 rings (SSSR count). The number of fused-ring (bicyclic) bond motifs is 3. The zero-order chi connectivity index (χ0) is 19.6. The molecule has 0 radical (unpaired) electrons. The zero-order valence-corrected chi connectivity index (χ0v) is 16.8. The van der Waals surface area contributed by atoms with Gasteiger partial charge in [0.1, 0.15) is 11.0 Å². The maximum Gasteiger partial charge on any atom is 0.337 e. The van der Waals surface area contributed by atoms with E-state index >= 15 is 0 Å². The van der Waals surface area contributed by atoms with Crippen molar-refractivity contribution in [3.05, 3.63) is 58.7 Å². The summed E-state index contributed by atoms with van der Waals surface area (Å²) in [6.07, 6.45) is 1.65. The highest BCUT2D eigenvalue weighted by Crippen LogP contribution is 2.34. The van der Waals surface area contributed by atoms with Crippen LogP contribution >= 0.6 is 0 Å². The minimum Gasteiger partial charge on any atom is -0.465 e. The van der Waals surface area contributed by atoms with Gasteiger partial charge in [-0.2, -0.15) is 4.40 Å². The molecule has 5 nitrogen and oxygen atoms in total. The van der Waals surface area contributed by atoms with Crippen molar-refractivity contribution in [1.82, 2.24) is 0 Å². The van der Waals surface area contributed by atoms with E-state index in [-0.39, 0.29) is 5.97 Å². The SMILES string of the molecule is COC(=O)c1ccc2c(c1)-c1cccc(/C=N/S(=O)C(C)(C)C)c1COC2. The van der Waals surface area contributed by atoms with Crippen LogP contribution in [0.15, 0.2) is 40.8 Å². The first-order chi connectivity index (χ1) is 12.8. The molecular formula is C21H23NO4S. The molecule has 0 aromatic heterocycles. The molecule has 1 aliphatic rings. The summed E-state index contributed by atoms with van der Waals surface area (Å²) < 4.78 is 26.8. The first-order valence-corrected chi connectivity index (χ1v) is 9.79. The predicted octanol–water partition coefficient (Wildman–Crippen LogP) is 4.05. The Morgan fingerprint density at radius 2 is 1.96 bits per heavy atom. The van der Waals surface area contributed by atoms with Gasteiger partial charge < -0.3 is 9.47 Å². The Morgan fingerprint density at radius 3 is 2.67 bits per heavy atom. The van der Waals surface area contributed by atoms with Gasteiger partial charge in [-0.25, -0.2) is 9.00 Å². The summed E-state index contributed by atoms with van der Waals surface area (Å²) >= 11 is 0. The molecule has 1 aliphatic heterocycles. The molecule has 1 unspecified atom stereocenters. The van der Waals surface area contributed by atoms with Gasteiger partial charge in [-0.05, 0) is 60.7 Å². The van der Waals surface area contributed by atoms with Crippen LogP contribution in [-0.2, 0) is 33.7 Å². The lowest BCUT2D eigenvalue weighted by molar-refractivity contribution is 0.0600. The van der Waals surface area contributed by atoms with Gasteiger partial charge in [0.25, 0.3) is 0 Å². The van der Waals surface area contributed by atoms with Crippen LogP contribution in [0.1, 0.15) is 47.8 Å². The molecule has 0 saturated heterocycles. The maximum atomic E-state index is 12.3. The van der Waals surface area contributed by atoms with Gasteiger partial charge in [-0.1, -0.05) is 24.3 Å². The summed E-state index contributed by atoms with van der Waals surface area (Å²) in [4.78, 5) is 11.9. The number of hydrogen-bond acceptors (Lipinski definition) is 4. The quantitative estimate of drug-likeness (QED) is 0.591. The van der Waals surface area contributed by atoms with Gasteiger partial charge in [0.2, 0.25) is 0 Å². The second-order valence-electron chi connectivity index (χ2n) is 7.33. The zero-order valence-electron chi connectivity index (χ0n) is 15.9. The molecule has 0 fully saturated rings. The molecule has 2 aromatic rings. The third-order valence-electron chi connectivity index (χ3n) is 4.35. The average Bonchev–Trinajstić information content (AvgIpc) is 2.83. The third-order valence-corrected chi connectivity index (χ3v) is 5.69. The van der Waals surface area contributed by atoms with Crippen LogP contribution in [0, 0.1) is 0 Å². The van der Waals surface area contributed by atoms with E-state index in [1.807, 2.05) is 51.1 Å². The smallest absolute Gasteiger partial charge is 0.337 e. The van der Waals surface area contributed by atoms with E-state index in [9.17, 15) is 9.00 Å². The van der Waals surface area contributed by atoms with Crippen LogP contribution in [0.3, 0.4) is 0 Å². The second-order valence-corrected chi connectivity index (χ2v) is 9.26. The highest BCUT2D eigenvalue weighted by molar-refractivity contribution is 7.85. The highest BCUT2D eigenvalue weighted by Gasteiger charge is 2.21. The number of nitrogens with zero attached hydrogens (tertiary/aromatic N) is 1. The van der Waals surface area contributed by atoms with Crippen LogP contribution < -0.4 is 0 Å². The minimum absolute atomic E-state index is 0.372. The molecule has 0 amide bonds. The topological polar surface area (TPSA) is 65.0 Å². The van der Waals surface area contributed by atoms with Gasteiger partial charge >= 0.3 is 5.97 Å². The lowest BCUT2D eigenvalue weighted by atomic mass is 9.92. The van der Waals surface area contributed by atoms with Crippen molar-refractivity contribution in [3.63, 3.8) is 0 Å². The summed E-state index contributed by atoms with van der Waals surface area (Å²) in [5.74, 6) is -0.372. The molecule has 0 saturated carbocycles. The third kappa shape index (κ3) is 4.17. The van der Waals surface area contributed by atoms with Gasteiger partial charge in [-0.15, -0.1) is 0 Å². The number of esters is 1. The van der Waals surface area contributed by atoms with E-state index in [0.29, 0.717) is 18.8 Å². The van der Waals surface area contributed by atoms with Crippen LogP contribution in [0.2, 0.25) is 0 Å². The van der Waals surface area contributed by atoms with Crippen molar-refractivity contribution in [2.75, 3.05) is 7.11 Å². The largest absolute Gasteiger partial charge is 0.465 e. The number of hydrogen-bond donors (Lipinski definition) is 0. The van der Waals surface area contributed by atoms with Crippen LogP contribution in [-0.4, -0.2) is 28.2 Å². The fourth-order valence-corrected chi connectivity index (χ4v) is 3.39. The van der Waals surface area contributed by atoms with E-state index in [1.165, 1.54) is 7.11 Å². The molecule has 0 aliphatic carbocycles. The van der Waals surface area contributed by atoms with Crippen molar-refractivity contribution in [2.45, 2.75) is 38.7 Å². The number of rotatable bonds is 3. The summed E-state index contributed by atoms with van der Waals surface area (Å²) in [7, 11) is 0.0382. The number of carbonyl (C=O) groups is 1. The molecule has 0 N–H and O–H groups in total.